The molecule has 0 saturated heterocycles. The first-order chi connectivity index (χ1) is 9.65. The van der Waals surface area contributed by atoms with Crippen molar-refractivity contribution in [3.05, 3.63) is 22.8 Å². The fraction of sp³-hybridized carbons (Fsp3) is 0.588. The van der Waals surface area contributed by atoms with E-state index in [2.05, 4.69) is 27.7 Å². The molecular weight excluding hydrogens is 268 g/mol. The van der Waals surface area contributed by atoms with E-state index >= 15 is 0 Å². The second kappa shape index (κ2) is 4.93. The number of ether oxygens (including phenoxy) is 2. The molecule has 1 aliphatic rings. The maximum absolute atomic E-state index is 11.6. The number of hydrogen-bond acceptors (Lipinski definition) is 3. The smallest absolute Gasteiger partial charge is 0.339 e. The molecule has 4 nitrogen and oxygen atoms in total. The molecule has 1 aromatic rings. The Morgan fingerprint density at radius 2 is 1.57 bits per heavy atom. The van der Waals surface area contributed by atoms with E-state index in [1.54, 1.807) is 13.2 Å². The molecule has 0 aromatic heterocycles. The van der Waals surface area contributed by atoms with Crippen molar-refractivity contribution in [3.8, 4) is 11.5 Å². The summed E-state index contributed by atoms with van der Waals surface area (Å²) in [5, 5.41) is 9.48. The monoisotopic (exact) mass is 292 g/mol. The summed E-state index contributed by atoms with van der Waals surface area (Å²) in [4.78, 5) is 11.6. The molecule has 0 atom stereocenters. The predicted molar refractivity (Wildman–Crippen MR) is 81.8 cm³/mol. The van der Waals surface area contributed by atoms with E-state index in [4.69, 9.17) is 9.47 Å². The van der Waals surface area contributed by atoms with Crippen molar-refractivity contribution in [2.75, 3.05) is 14.2 Å². The highest BCUT2D eigenvalue weighted by Crippen LogP contribution is 2.53. The van der Waals surface area contributed by atoms with Gasteiger partial charge in [-0.3, -0.25) is 0 Å². The van der Waals surface area contributed by atoms with Crippen molar-refractivity contribution in [1.29, 1.82) is 0 Å². The molecule has 0 unspecified atom stereocenters. The average molecular weight is 292 g/mol. The van der Waals surface area contributed by atoms with Gasteiger partial charge in [-0.15, -0.1) is 0 Å². The van der Waals surface area contributed by atoms with Crippen LogP contribution in [0.5, 0.6) is 11.5 Å². The number of carboxylic acids is 1. The summed E-state index contributed by atoms with van der Waals surface area (Å²) in [6, 6.07) is 1.59. The third-order valence-electron chi connectivity index (χ3n) is 4.63. The molecule has 0 heterocycles. The zero-order valence-corrected chi connectivity index (χ0v) is 13.7. The lowest BCUT2D eigenvalue weighted by Crippen LogP contribution is -2.35. The third kappa shape index (κ3) is 2.37. The summed E-state index contributed by atoms with van der Waals surface area (Å²) in [5.41, 5.74) is 2.00. The highest BCUT2D eigenvalue weighted by Gasteiger charge is 2.43. The molecule has 0 amide bonds. The van der Waals surface area contributed by atoms with Crippen LogP contribution in [0.4, 0.5) is 0 Å². The van der Waals surface area contributed by atoms with Crippen LogP contribution in [0.25, 0.3) is 0 Å². The Labute approximate surface area is 126 Å². The van der Waals surface area contributed by atoms with E-state index in [9.17, 15) is 9.90 Å². The first-order valence-electron chi connectivity index (χ1n) is 7.19. The van der Waals surface area contributed by atoms with Gasteiger partial charge in [0.15, 0.2) is 0 Å². The van der Waals surface area contributed by atoms with Crippen molar-refractivity contribution in [2.24, 2.45) is 0 Å². The molecule has 1 aliphatic carbocycles. The molecule has 0 bridgehead atoms. The fourth-order valence-corrected chi connectivity index (χ4v) is 3.36. The van der Waals surface area contributed by atoms with Crippen LogP contribution in [-0.2, 0) is 10.8 Å². The fourth-order valence-electron chi connectivity index (χ4n) is 3.36. The molecule has 21 heavy (non-hydrogen) atoms. The SMILES string of the molecule is COc1cc(C(=O)O)c(OC)c2c1C(C)(C)CCC2(C)C. The van der Waals surface area contributed by atoms with Gasteiger partial charge in [-0.05, 0) is 29.7 Å². The Hall–Kier alpha value is -1.71. The highest BCUT2D eigenvalue weighted by molar-refractivity contribution is 5.93. The van der Waals surface area contributed by atoms with E-state index in [1.807, 2.05) is 0 Å². The van der Waals surface area contributed by atoms with Crippen LogP contribution in [0.2, 0.25) is 0 Å². The molecule has 1 aromatic carbocycles. The number of hydrogen-bond donors (Lipinski definition) is 1. The zero-order valence-electron chi connectivity index (χ0n) is 13.7. The standard InChI is InChI=1S/C17H24O4/c1-16(2)7-8-17(3,4)13-12(16)11(20-5)9-10(15(18)19)14(13)21-6/h9H,7-8H2,1-6H3,(H,18,19). The molecule has 2 rings (SSSR count). The highest BCUT2D eigenvalue weighted by atomic mass is 16.5. The minimum Gasteiger partial charge on any atom is -0.496 e. The quantitative estimate of drug-likeness (QED) is 0.921. The molecule has 0 saturated carbocycles. The van der Waals surface area contributed by atoms with Crippen LogP contribution < -0.4 is 9.47 Å². The summed E-state index contributed by atoms with van der Waals surface area (Å²) in [5.74, 6) is 0.115. The summed E-state index contributed by atoms with van der Waals surface area (Å²) in [6.45, 7) is 8.61. The van der Waals surface area contributed by atoms with Gasteiger partial charge in [0.2, 0.25) is 0 Å². The van der Waals surface area contributed by atoms with E-state index in [0.29, 0.717) is 11.5 Å². The zero-order chi connectivity index (χ0) is 16.0. The lowest BCUT2D eigenvalue weighted by atomic mass is 9.62. The van der Waals surface area contributed by atoms with Gasteiger partial charge < -0.3 is 14.6 Å². The van der Waals surface area contributed by atoms with Gasteiger partial charge in [-0.2, -0.15) is 0 Å². The van der Waals surface area contributed by atoms with Crippen LogP contribution in [0.1, 0.15) is 62.0 Å². The summed E-state index contributed by atoms with van der Waals surface area (Å²) < 4.78 is 11.0. The normalized spacial score (nSPS) is 18.8. The van der Waals surface area contributed by atoms with E-state index in [0.717, 1.165) is 24.0 Å². The number of carbonyl (C=O) groups is 1. The van der Waals surface area contributed by atoms with Crippen LogP contribution in [-0.4, -0.2) is 25.3 Å². The first kappa shape index (κ1) is 15.7. The molecule has 116 valence electrons. The number of methoxy groups -OCH3 is 2. The van der Waals surface area contributed by atoms with Gasteiger partial charge in [0.05, 0.1) is 14.2 Å². The number of fused-ring (bicyclic) bond motifs is 1. The Morgan fingerprint density at radius 3 is 2.00 bits per heavy atom. The summed E-state index contributed by atoms with van der Waals surface area (Å²) in [6.07, 6.45) is 2.01. The van der Waals surface area contributed by atoms with Crippen molar-refractivity contribution in [2.45, 2.75) is 51.4 Å². The maximum atomic E-state index is 11.6. The maximum Gasteiger partial charge on any atom is 0.339 e. The van der Waals surface area contributed by atoms with E-state index in [1.165, 1.54) is 7.11 Å². The van der Waals surface area contributed by atoms with E-state index in [-0.39, 0.29) is 16.4 Å². The first-order valence-corrected chi connectivity index (χ1v) is 7.19. The Bertz CT molecular complexity index is 585. The number of carboxylic acid groups (broad SMARTS) is 1. The molecule has 4 heteroatoms. The molecule has 0 radical (unpaired) electrons. The van der Waals surface area contributed by atoms with Crippen molar-refractivity contribution in [1.82, 2.24) is 0 Å². The third-order valence-corrected chi connectivity index (χ3v) is 4.63. The lowest BCUT2D eigenvalue weighted by molar-refractivity contribution is 0.0692. The molecule has 0 spiro atoms. The number of rotatable bonds is 3. The second-order valence-corrected chi connectivity index (χ2v) is 6.98. The van der Waals surface area contributed by atoms with Crippen molar-refractivity contribution >= 4 is 5.97 Å². The van der Waals surface area contributed by atoms with Gasteiger partial charge in [-0.25, -0.2) is 4.79 Å². The molecule has 0 aliphatic heterocycles. The van der Waals surface area contributed by atoms with Gasteiger partial charge in [0.1, 0.15) is 17.1 Å². The summed E-state index contributed by atoms with van der Waals surface area (Å²) in [7, 11) is 3.12. The number of aromatic carboxylic acids is 1. The van der Waals surface area contributed by atoms with Gasteiger partial charge in [0, 0.05) is 11.1 Å². The average Bonchev–Trinajstić information content (AvgIpc) is 2.41. The van der Waals surface area contributed by atoms with Crippen LogP contribution in [0.15, 0.2) is 6.07 Å². The van der Waals surface area contributed by atoms with Gasteiger partial charge >= 0.3 is 5.97 Å². The Morgan fingerprint density at radius 1 is 1.05 bits per heavy atom. The minimum atomic E-state index is -0.993. The van der Waals surface area contributed by atoms with Crippen LogP contribution >= 0.6 is 0 Å². The number of benzene rings is 1. The predicted octanol–water partition coefficient (Wildman–Crippen LogP) is 3.75. The van der Waals surface area contributed by atoms with Gasteiger partial charge in [-0.1, -0.05) is 27.7 Å². The van der Waals surface area contributed by atoms with E-state index < -0.39 is 5.97 Å². The van der Waals surface area contributed by atoms with Crippen LogP contribution in [0, 0.1) is 0 Å². The molecule has 1 N–H and O–H groups in total. The van der Waals surface area contributed by atoms with Crippen LogP contribution in [0.3, 0.4) is 0 Å². The van der Waals surface area contributed by atoms with Crippen molar-refractivity contribution in [3.63, 3.8) is 0 Å². The van der Waals surface area contributed by atoms with Gasteiger partial charge in [0.25, 0.3) is 0 Å². The second-order valence-electron chi connectivity index (χ2n) is 6.98. The summed E-state index contributed by atoms with van der Waals surface area (Å²) >= 11 is 0. The lowest BCUT2D eigenvalue weighted by Gasteiger charge is -2.43. The molecule has 0 fully saturated rings. The largest absolute Gasteiger partial charge is 0.496 e. The van der Waals surface area contributed by atoms with Crippen molar-refractivity contribution < 1.29 is 19.4 Å². The molecular formula is C17H24O4. The topological polar surface area (TPSA) is 55.8 Å². The minimum absolute atomic E-state index is 0.0689. The Kier molecular flexibility index (Phi) is 3.68. The Balaban J connectivity index is 2.94.